The summed E-state index contributed by atoms with van der Waals surface area (Å²) in [4.78, 5) is 14.4. The topological polar surface area (TPSA) is 79.4 Å². The number of anilines is 1. The molecule has 0 bridgehead atoms. The van der Waals surface area contributed by atoms with E-state index in [1.54, 1.807) is 14.0 Å². The Morgan fingerprint density at radius 2 is 1.89 bits per heavy atom. The largest absolute Gasteiger partial charge is 0.395 e. The first-order valence-corrected chi connectivity index (χ1v) is 6.02. The van der Waals surface area contributed by atoms with E-state index in [-0.39, 0.29) is 5.91 Å². The van der Waals surface area contributed by atoms with Crippen molar-refractivity contribution >= 4 is 11.6 Å². The SMILES string of the molecule is Cc1nn(C)c(C(=O)NN2CCN(C)CC2)c1N. The minimum atomic E-state index is -0.194. The van der Waals surface area contributed by atoms with E-state index < -0.39 is 0 Å². The first kappa shape index (κ1) is 12.8. The summed E-state index contributed by atoms with van der Waals surface area (Å²) >= 11 is 0. The van der Waals surface area contributed by atoms with Crippen molar-refractivity contribution in [3.8, 4) is 0 Å². The van der Waals surface area contributed by atoms with Gasteiger partial charge in [0, 0.05) is 33.2 Å². The Labute approximate surface area is 106 Å². The Hall–Kier alpha value is -1.60. The number of likely N-dealkylation sites (N-methyl/N-ethyl adjacent to an activating group) is 1. The van der Waals surface area contributed by atoms with E-state index in [1.807, 2.05) is 5.01 Å². The highest BCUT2D eigenvalue weighted by molar-refractivity contribution is 5.97. The van der Waals surface area contributed by atoms with Crippen LogP contribution in [0.25, 0.3) is 0 Å². The average molecular weight is 252 g/mol. The zero-order chi connectivity index (χ0) is 13.3. The molecule has 1 amide bonds. The van der Waals surface area contributed by atoms with Crippen LogP contribution in [0.15, 0.2) is 0 Å². The molecule has 0 radical (unpaired) electrons. The second-order valence-electron chi connectivity index (χ2n) is 4.70. The lowest BCUT2D eigenvalue weighted by Crippen LogP contribution is -2.52. The van der Waals surface area contributed by atoms with Crippen LogP contribution in [-0.4, -0.2) is 58.8 Å². The first-order chi connectivity index (χ1) is 8.49. The van der Waals surface area contributed by atoms with Crippen molar-refractivity contribution in [2.75, 3.05) is 39.0 Å². The van der Waals surface area contributed by atoms with Gasteiger partial charge in [0.05, 0.1) is 11.4 Å². The van der Waals surface area contributed by atoms with Crippen LogP contribution in [0.2, 0.25) is 0 Å². The quantitative estimate of drug-likeness (QED) is 0.720. The molecule has 2 rings (SSSR count). The number of aromatic nitrogens is 2. The number of hydrogen-bond acceptors (Lipinski definition) is 5. The molecule has 2 heterocycles. The second-order valence-corrected chi connectivity index (χ2v) is 4.70. The van der Waals surface area contributed by atoms with E-state index in [0.717, 1.165) is 26.2 Å². The fourth-order valence-corrected chi connectivity index (χ4v) is 2.06. The maximum atomic E-state index is 12.1. The molecule has 18 heavy (non-hydrogen) atoms. The standard InChI is InChI=1S/C11H20N6O/c1-8-9(12)10(16(3)13-8)11(18)14-17-6-4-15(2)5-7-17/h4-7,12H2,1-3H3,(H,14,18). The maximum absolute atomic E-state index is 12.1. The van der Waals surface area contributed by atoms with Gasteiger partial charge in [-0.1, -0.05) is 0 Å². The Balaban J connectivity index is 2.04. The number of amides is 1. The maximum Gasteiger partial charge on any atom is 0.285 e. The number of carbonyl (C=O) groups is 1. The highest BCUT2D eigenvalue weighted by Gasteiger charge is 2.21. The van der Waals surface area contributed by atoms with Crippen molar-refractivity contribution in [2.24, 2.45) is 7.05 Å². The number of nitrogen functional groups attached to an aromatic ring is 1. The van der Waals surface area contributed by atoms with Crippen molar-refractivity contribution in [2.45, 2.75) is 6.92 Å². The van der Waals surface area contributed by atoms with E-state index in [2.05, 4.69) is 22.5 Å². The molecule has 1 aliphatic heterocycles. The molecule has 1 aromatic rings. The first-order valence-electron chi connectivity index (χ1n) is 6.02. The zero-order valence-electron chi connectivity index (χ0n) is 11.1. The third kappa shape index (κ3) is 2.46. The van der Waals surface area contributed by atoms with E-state index in [1.165, 1.54) is 4.68 Å². The van der Waals surface area contributed by atoms with Crippen LogP contribution in [0.4, 0.5) is 5.69 Å². The molecule has 0 unspecified atom stereocenters. The number of nitrogens with one attached hydrogen (secondary N) is 1. The molecule has 1 fully saturated rings. The van der Waals surface area contributed by atoms with Gasteiger partial charge in [-0.2, -0.15) is 5.10 Å². The molecule has 0 saturated carbocycles. The van der Waals surface area contributed by atoms with Crippen molar-refractivity contribution in [3.63, 3.8) is 0 Å². The molecule has 100 valence electrons. The fraction of sp³-hybridized carbons (Fsp3) is 0.636. The number of hydrazine groups is 1. The molecule has 7 heteroatoms. The summed E-state index contributed by atoms with van der Waals surface area (Å²) in [5.74, 6) is -0.194. The third-order valence-electron chi connectivity index (χ3n) is 3.25. The number of rotatable bonds is 2. The van der Waals surface area contributed by atoms with Crippen molar-refractivity contribution in [1.29, 1.82) is 0 Å². The molecule has 0 atom stereocenters. The minimum Gasteiger partial charge on any atom is -0.395 e. The molecule has 1 aliphatic rings. The summed E-state index contributed by atoms with van der Waals surface area (Å²) in [6.07, 6.45) is 0. The lowest BCUT2D eigenvalue weighted by atomic mass is 10.3. The highest BCUT2D eigenvalue weighted by Crippen LogP contribution is 2.15. The predicted octanol–water partition coefficient (Wildman–Crippen LogP) is -0.797. The Bertz CT molecular complexity index is 447. The van der Waals surface area contributed by atoms with Crippen LogP contribution >= 0.6 is 0 Å². The number of piperazine rings is 1. The van der Waals surface area contributed by atoms with Crippen LogP contribution in [0.1, 0.15) is 16.2 Å². The molecule has 0 spiro atoms. The number of aryl methyl sites for hydroxylation is 2. The van der Waals surface area contributed by atoms with Gasteiger partial charge in [-0.25, -0.2) is 5.01 Å². The van der Waals surface area contributed by atoms with Gasteiger partial charge in [-0.15, -0.1) is 0 Å². The molecule has 1 saturated heterocycles. The molecule has 7 nitrogen and oxygen atoms in total. The Kier molecular flexibility index (Phi) is 3.53. The summed E-state index contributed by atoms with van der Waals surface area (Å²) in [6, 6.07) is 0. The molecule has 3 N–H and O–H groups in total. The van der Waals surface area contributed by atoms with Crippen LogP contribution in [0.5, 0.6) is 0 Å². The van der Waals surface area contributed by atoms with Gasteiger partial charge in [0.25, 0.3) is 5.91 Å². The van der Waals surface area contributed by atoms with Crippen LogP contribution in [0, 0.1) is 6.92 Å². The third-order valence-corrected chi connectivity index (χ3v) is 3.25. The highest BCUT2D eigenvalue weighted by atomic mass is 16.2. The van der Waals surface area contributed by atoms with Gasteiger partial charge in [0.1, 0.15) is 0 Å². The summed E-state index contributed by atoms with van der Waals surface area (Å²) in [5, 5.41) is 6.06. The van der Waals surface area contributed by atoms with Gasteiger partial charge >= 0.3 is 0 Å². The number of carbonyl (C=O) groups excluding carboxylic acids is 1. The van der Waals surface area contributed by atoms with Crippen molar-refractivity contribution in [1.82, 2.24) is 25.1 Å². The summed E-state index contributed by atoms with van der Waals surface area (Å²) in [6.45, 7) is 5.32. The van der Waals surface area contributed by atoms with Crippen LogP contribution in [-0.2, 0) is 7.05 Å². The van der Waals surface area contributed by atoms with Gasteiger partial charge in [0.15, 0.2) is 5.69 Å². The fourth-order valence-electron chi connectivity index (χ4n) is 2.06. The minimum absolute atomic E-state index is 0.194. The second kappa shape index (κ2) is 4.95. The van der Waals surface area contributed by atoms with E-state index in [4.69, 9.17) is 5.73 Å². The van der Waals surface area contributed by atoms with Gasteiger partial charge in [-0.05, 0) is 14.0 Å². The number of nitrogens with two attached hydrogens (primary N) is 1. The van der Waals surface area contributed by atoms with Gasteiger partial charge in [0.2, 0.25) is 0 Å². The lowest BCUT2D eigenvalue weighted by molar-refractivity contribution is 0.0654. The van der Waals surface area contributed by atoms with Crippen LogP contribution < -0.4 is 11.2 Å². The van der Waals surface area contributed by atoms with E-state index >= 15 is 0 Å². The molecule has 0 aliphatic carbocycles. The normalized spacial score (nSPS) is 17.9. The Morgan fingerprint density at radius 1 is 1.28 bits per heavy atom. The monoisotopic (exact) mass is 252 g/mol. The van der Waals surface area contributed by atoms with Gasteiger partial charge in [-0.3, -0.25) is 14.9 Å². The van der Waals surface area contributed by atoms with Crippen molar-refractivity contribution < 1.29 is 4.79 Å². The van der Waals surface area contributed by atoms with Crippen molar-refractivity contribution in [3.05, 3.63) is 11.4 Å². The predicted molar refractivity (Wildman–Crippen MR) is 68.9 cm³/mol. The number of hydrogen-bond donors (Lipinski definition) is 2. The van der Waals surface area contributed by atoms with E-state index in [9.17, 15) is 4.79 Å². The zero-order valence-corrected chi connectivity index (χ0v) is 11.1. The van der Waals surface area contributed by atoms with Crippen LogP contribution in [0.3, 0.4) is 0 Å². The molecule has 1 aromatic heterocycles. The lowest BCUT2D eigenvalue weighted by Gasteiger charge is -2.32. The summed E-state index contributed by atoms with van der Waals surface area (Å²) < 4.78 is 1.52. The summed E-state index contributed by atoms with van der Waals surface area (Å²) in [7, 11) is 3.80. The smallest absolute Gasteiger partial charge is 0.285 e. The average Bonchev–Trinajstić information content (AvgIpc) is 2.56. The van der Waals surface area contributed by atoms with Gasteiger partial charge < -0.3 is 10.6 Å². The van der Waals surface area contributed by atoms with E-state index in [0.29, 0.717) is 17.1 Å². The number of nitrogens with zero attached hydrogens (tertiary/aromatic N) is 4. The molecular weight excluding hydrogens is 232 g/mol. The molecule has 0 aromatic carbocycles. The Morgan fingerprint density at radius 3 is 2.39 bits per heavy atom. The summed E-state index contributed by atoms with van der Waals surface area (Å²) in [5.41, 5.74) is 10.3. The molecular formula is C11H20N6O.